The summed E-state index contributed by atoms with van der Waals surface area (Å²) < 4.78 is 1.16. The predicted octanol–water partition coefficient (Wildman–Crippen LogP) is 3.48. The normalized spacial score (nSPS) is 15.3. The molecule has 1 aromatic heterocycles. The van der Waals surface area contributed by atoms with Gasteiger partial charge in [-0.25, -0.2) is 4.98 Å². The summed E-state index contributed by atoms with van der Waals surface area (Å²) in [7, 11) is 0. The molecular weight excluding hydrogens is 230 g/mol. The second kappa shape index (κ2) is 4.53. The number of hydrogen-bond acceptors (Lipinski definition) is 4. The maximum atomic E-state index is 5.75. The summed E-state index contributed by atoms with van der Waals surface area (Å²) in [5, 5.41) is 4.42. The fraction of sp³-hybridized carbons (Fsp3) is 0.462. The summed E-state index contributed by atoms with van der Waals surface area (Å²) in [4.78, 5) is 4.54. The molecule has 1 aliphatic carbocycles. The average Bonchev–Trinajstić information content (AvgIpc) is 3.04. The van der Waals surface area contributed by atoms with Crippen LogP contribution in [0.1, 0.15) is 25.7 Å². The molecule has 1 aliphatic rings. The van der Waals surface area contributed by atoms with Crippen molar-refractivity contribution in [3.8, 4) is 0 Å². The van der Waals surface area contributed by atoms with Gasteiger partial charge < -0.3 is 11.1 Å². The third-order valence-corrected chi connectivity index (χ3v) is 4.15. The lowest BCUT2D eigenvalue weighted by molar-refractivity contribution is 0.687. The maximum absolute atomic E-state index is 5.75. The Morgan fingerprint density at radius 2 is 2.29 bits per heavy atom. The molecule has 0 saturated heterocycles. The highest BCUT2D eigenvalue weighted by atomic mass is 32.1. The van der Waals surface area contributed by atoms with Crippen LogP contribution in [0.15, 0.2) is 18.2 Å². The van der Waals surface area contributed by atoms with Crippen molar-refractivity contribution in [1.29, 1.82) is 0 Å². The molecule has 3 N–H and O–H groups in total. The largest absolute Gasteiger partial charge is 0.399 e. The van der Waals surface area contributed by atoms with E-state index in [0.717, 1.165) is 33.5 Å². The molecule has 0 bridgehead atoms. The van der Waals surface area contributed by atoms with E-state index in [2.05, 4.69) is 10.3 Å². The number of nitrogens with one attached hydrogen (secondary N) is 1. The van der Waals surface area contributed by atoms with E-state index in [1.807, 2.05) is 18.2 Å². The third kappa shape index (κ3) is 2.69. The molecule has 4 heteroatoms. The number of fused-ring (bicyclic) bond motifs is 1. The van der Waals surface area contributed by atoms with Crippen molar-refractivity contribution < 1.29 is 0 Å². The van der Waals surface area contributed by atoms with Crippen LogP contribution in [0.5, 0.6) is 0 Å². The van der Waals surface area contributed by atoms with Gasteiger partial charge in [0.15, 0.2) is 5.13 Å². The first-order valence-electron chi connectivity index (χ1n) is 6.21. The molecule has 2 aromatic rings. The lowest BCUT2D eigenvalue weighted by Crippen LogP contribution is -2.00. The second-order valence-corrected chi connectivity index (χ2v) is 5.79. The Balaban J connectivity index is 1.60. The van der Waals surface area contributed by atoms with Crippen LogP contribution in [-0.4, -0.2) is 11.5 Å². The highest BCUT2D eigenvalue weighted by Crippen LogP contribution is 2.33. The number of benzene rings is 1. The first kappa shape index (κ1) is 10.8. The number of anilines is 2. The van der Waals surface area contributed by atoms with Crippen molar-refractivity contribution in [3.05, 3.63) is 18.2 Å². The number of hydrogen-bond donors (Lipinski definition) is 2. The average molecular weight is 247 g/mol. The summed E-state index contributed by atoms with van der Waals surface area (Å²) in [5.41, 5.74) is 7.60. The summed E-state index contributed by atoms with van der Waals surface area (Å²) in [6.07, 6.45) is 5.51. The van der Waals surface area contributed by atoms with Gasteiger partial charge in [0, 0.05) is 12.2 Å². The van der Waals surface area contributed by atoms with E-state index >= 15 is 0 Å². The second-order valence-electron chi connectivity index (χ2n) is 4.76. The zero-order valence-electron chi connectivity index (χ0n) is 9.78. The fourth-order valence-corrected chi connectivity index (χ4v) is 2.95. The van der Waals surface area contributed by atoms with E-state index in [1.165, 1.54) is 25.7 Å². The van der Waals surface area contributed by atoms with Gasteiger partial charge in [-0.15, -0.1) is 0 Å². The minimum absolute atomic E-state index is 0.807. The molecule has 1 fully saturated rings. The van der Waals surface area contributed by atoms with Gasteiger partial charge in [0.05, 0.1) is 10.2 Å². The Morgan fingerprint density at radius 3 is 3.12 bits per heavy atom. The van der Waals surface area contributed by atoms with Gasteiger partial charge in [0.1, 0.15) is 0 Å². The van der Waals surface area contributed by atoms with Crippen LogP contribution in [0.4, 0.5) is 10.8 Å². The Morgan fingerprint density at radius 1 is 1.41 bits per heavy atom. The molecule has 0 aliphatic heterocycles. The number of aromatic nitrogens is 1. The summed E-state index contributed by atoms with van der Waals surface area (Å²) in [6.45, 7) is 1.03. The van der Waals surface area contributed by atoms with E-state index in [4.69, 9.17) is 5.73 Å². The molecule has 0 amide bonds. The van der Waals surface area contributed by atoms with Crippen LogP contribution in [0.2, 0.25) is 0 Å². The van der Waals surface area contributed by atoms with Gasteiger partial charge in [0.2, 0.25) is 0 Å². The zero-order valence-corrected chi connectivity index (χ0v) is 10.6. The number of nitrogens with two attached hydrogens (primary N) is 1. The molecule has 0 unspecified atom stereocenters. The van der Waals surface area contributed by atoms with Crippen LogP contribution in [-0.2, 0) is 0 Å². The van der Waals surface area contributed by atoms with Gasteiger partial charge in [-0.1, -0.05) is 24.2 Å². The van der Waals surface area contributed by atoms with Crippen LogP contribution in [0.25, 0.3) is 10.2 Å². The van der Waals surface area contributed by atoms with Crippen LogP contribution in [0.3, 0.4) is 0 Å². The SMILES string of the molecule is Nc1ccc2nc(NCCCC3CC3)sc2c1. The predicted molar refractivity (Wildman–Crippen MR) is 74.5 cm³/mol. The number of nitrogen functional groups attached to an aromatic ring is 1. The number of rotatable bonds is 5. The molecular formula is C13H17N3S. The molecule has 17 heavy (non-hydrogen) atoms. The molecule has 3 rings (SSSR count). The van der Waals surface area contributed by atoms with Gasteiger partial charge in [-0.2, -0.15) is 0 Å². The monoisotopic (exact) mass is 247 g/mol. The Kier molecular flexibility index (Phi) is 2.89. The van der Waals surface area contributed by atoms with Crippen molar-refractivity contribution in [2.24, 2.45) is 5.92 Å². The fourth-order valence-electron chi connectivity index (χ4n) is 2.01. The van der Waals surface area contributed by atoms with Crippen molar-refractivity contribution in [2.45, 2.75) is 25.7 Å². The molecule has 1 saturated carbocycles. The van der Waals surface area contributed by atoms with Crippen molar-refractivity contribution in [1.82, 2.24) is 4.98 Å². The minimum Gasteiger partial charge on any atom is -0.399 e. The molecule has 0 atom stereocenters. The first-order chi connectivity index (χ1) is 8.31. The van der Waals surface area contributed by atoms with E-state index in [1.54, 1.807) is 11.3 Å². The quantitative estimate of drug-likeness (QED) is 0.628. The number of nitrogens with zero attached hydrogens (tertiary/aromatic N) is 1. The molecule has 0 radical (unpaired) electrons. The van der Waals surface area contributed by atoms with E-state index in [0.29, 0.717) is 0 Å². The first-order valence-corrected chi connectivity index (χ1v) is 7.03. The number of thiazole rings is 1. The topological polar surface area (TPSA) is 50.9 Å². The minimum atomic E-state index is 0.807. The van der Waals surface area contributed by atoms with E-state index in [9.17, 15) is 0 Å². The zero-order chi connectivity index (χ0) is 11.7. The molecule has 1 heterocycles. The third-order valence-electron chi connectivity index (χ3n) is 3.17. The van der Waals surface area contributed by atoms with Gasteiger partial charge >= 0.3 is 0 Å². The molecule has 0 spiro atoms. The van der Waals surface area contributed by atoms with Gasteiger partial charge in [0.25, 0.3) is 0 Å². The Labute approximate surface area is 105 Å². The summed E-state index contributed by atoms with van der Waals surface area (Å²) in [6, 6.07) is 5.87. The highest BCUT2D eigenvalue weighted by Gasteiger charge is 2.19. The van der Waals surface area contributed by atoms with Crippen molar-refractivity contribution in [3.63, 3.8) is 0 Å². The van der Waals surface area contributed by atoms with Crippen molar-refractivity contribution >= 4 is 32.4 Å². The summed E-state index contributed by atoms with van der Waals surface area (Å²) >= 11 is 1.68. The molecule has 3 nitrogen and oxygen atoms in total. The lowest BCUT2D eigenvalue weighted by Gasteiger charge is -2.00. The maximum Gasteiger partial charge on any atom is 0.183 e. The van der Waals surface area contributed by atoms with E-state index in [-0.39, 0.29) is 0 Å². The van der Waals surface area contributed by atoms with E-state index < -0.39 is 0 Å². The van der Waals surface area contributed by atoms with Gasteiger partial charge in [-0.05, 0) is 37.0 Å². The molecule has 1 aromatic carbocycles. The molecule has 90 valence electrons. The Hall–Kier alpha value is -1.29. The lowest BCUT2D eigenvalue weighted by atomic mass is 10.2. The van der Waals surface area contributed by atoms with Crippen LogP contribution >= 0.6 is 11.3 Å². The van der Waals surface area contributed by atoms with Crippen molar-refractivity contribution in [2.75, 3.05) is 17.6 Å². The standard InChI is InChI=1S/C13H17N3S/c14-10-5-6-11-12(8-10)17-13(16-11)15-7-1-2-9-3-4-9/h5-6,8-9H,1-4,7,14H2,(H,15,16). The summed E-state index contributed by atoms with van der Waals surface area (Å²) in [5.74, 6) is 1.02. The highest BCUT2D eigenvalue weighted by molar-refractivity contribution is 7.22. The van der Waals surface area contributed by atoms with Gasteiger partial charge in [-0.3, -0.25) is 0 Å². The van der Waals surface area contributed by atoms with Crippen LogP contribution in [0, 0.1) is 5.92 Å². The smallest absolute Gasteiger partial charge is 0.183 e. The Bertz CT molecular complexity index is 516. The van der Waals surface area contributed by atoms with Crippen LogP contribution < -0.4 is 11.1 Å².